The zero-order valence-corrected chi connectivity index (χ0v) is 13.2. The summed E-state index contributed by atoms with van der Waals surface area (Å²) in [5, 5.41) is 0. The molecule has 3 heteroatoms. The molecule has 1 unspecified atom stereocenters. The van der Waals surface area contributed by atoms with Crippen LogP contribution in [-0.2, 0) is 6.42 Å². The number of benzene rings is 2. The molecule has 2 aromatic rings. The van der Waals surface area contributed by atoms with E-state index in [1.165, 1.54) is 5.56 Å². The lowest BCUT2D eigenvalue weighted by atomic mass is 10.0. The van der Waals surface area contributed by atoms with Gasteiger partial charge in [0.25, 0.3) is 0 Å². The van der Waals surface area contributed by atoms with Gasteiger partial charge in [-0.1, -0.05) is 53.2 Å². The summed E-state index contributed by atoms with van der Waals surface area (Å²) in [6.45, 7) is 3.87. The van der Waals surface area contributed by atoms with Crippen molar-refractivity contribution >= 4 is 21.7 Å². The molecule has 2 aromatic carbocycles. The molecule has 0 aliphatic heterocycles. The second-order valence-electron chi connectivity index (χ2n) is 4.63. The normalized spacial score (nSPS) is 11.9. The van der Waals surface area contributed by atoms with Crippen LogP contribution in [0.1, 0.15) is 29.8 Å². The highest BCUT2D eigenvalue weighted by Gasteiger charge is 2.16. The van der Waals surface area contributed by atoms with Crippen molar-refractivity contribution < 1.29 is 9.53 Å². The van der Waals surface area contributed by atoms with Crippen LogP contribution in [0.25, 0.3) is 0 Å². The van der Waals surface area contributed by atoms with Gasteiger partial charge in [0, 0.05) is 10.0 Å². The summed E-state index contributed by atoms with van der Waals surface area (Å²) in [6.07, 6.45) is 0.468. The predicted octanol–water partition coefficient (Wildman–Crippen LogP) is 4.66. The summed E-state index contributed by atoms with van der Waals surface area (Å²) < 4.78 is 6.62. The second kappa shape index (κ2) is 6.71. The fraction of sp³-hybridized carbons (Fsp3) is 0.235. The van der Waals surface area contributed by atoms with Crippen molar-refractivity contribution in [2.75, 3.05) is 0 Å². The van der Waals surface area contributed by atoms with E-state index in [4.69, 9.17) is 4.74 Å². The molecule has 0 fully saturated rings. The lowest BCUT2D eigenvalue weighted by molar-refractivity contribution is 0.0818. The van der Waals surface area contributed by atoms with Gasteiger partial charge in [0.1, 0.15) is 5.75 Å². The molecule has 2 rings (SSSR count). The fourth-order valence-corrected chi connectivity index (χ4v) is 2.32. The minimum atomic E-state index is -0.503. The van der Waals surface area contributed by atoms with Crippen molar-refractivity contribution in [3.05, 3.63) is 64.1 Å². The molecule has 0 amide bonds. The van der Waals surface area contributed by atoms with E-state index < -0.39 is 6.10 Å². The maximum Gasteiger partial charge on any atom is 0.202 e. The number of rotatable bonds is 5. The van der Waals surface area contributed by atoms with Crippen LogP contribution in [0.3, 0.4) is 0 Å². The Morgan fingerprint density at radius 2 is 1.90 bits per heavy atom. The smallest absolute Gasteiger partial charge is 0.202 e. The van der Waals surface area contributed by atoms with Crippen molar-refractivity contribution in [3.8, 4) is 5.75 Å². The zero-order chi connectivity index (χ0) is 14.5. The van der Waals surface area contributed by atoms with Gasteiger partial charge < -0.3 is 4.74 Å². The highest BCUT2D eigenvalue weighted by atomic mass is 79.9. The number of carbonyl (C=O) groups excluding carboxylic acids is 1. The Kier molecular flexibility index (Phi) is 4.96. The van der Waals surface area contributed by atoms with Crippen molar-refractivity contribution in [2.24, 2.45) is 0 Å². The van der Waals surface area contributed by atoms with Gasteiger partial charge >= 0.3 is 0 Å². The summed E-state index contributed by atoms with van der Waals surface area (Å²) in [5.41, 5.74) is 1.91. The summed E-state index contributed by atoms with van der Waals surface area (Å²) in [7, 11) is 0. The van der Waals surface area contributed by atoms with Gasteiger partial charge in [-0.3, -0.25) is 4.79 Å². The molecule has 0 N–H and O–H groups in total. The summed E-state index contributed by atoms with van der Waals surface area (Å²) in [6, 6.07) is 15.2. The molecule has 104 valence electrons. The average molecular weight is 333 g/mol. The van der Waals surface area contributed by atoms with E-state index in [-0.39, 0.29) is 5.78 Å². The van der Waals surface area contributed by atoms with Crippen LogP contribution in [0, 0.1) is 0 Å². The van der Waals surface area contributed by atoms with Crippen LogP contribution < -0.4 is 4.74 Å². The van der Waals surface area contributed by atoms with E-state index in [9.17, 15) is 4.79 Å². The third-order valence-corrected chi connectivity index (χ3v) is 3.62. The Labute approximate surface area is 127 Å². The molecule has 0 saturated carbocycles. The number of Topliss-reactive ketones (excluding diaryl/α,β-unsaturated/α-hetero) is 1. The Hall–Kier alpha value is -1.61. The minimum Gasteiger partial charge on any atom is -0.483 e. The molecule has 0 aromatic heterocycles. The third-order valence-electron chi connectivity index (χ3n) is 3.12. The Balaban J connectivity index is 2.07. The van der Waals surface area contributed by atoms with Gasteiger partial charge in [-0.15, -0.1) is 0 Å². The topological polar surface area (TPSA) is 26.3 Å². The van der Waals surface area contributed by atoms with Gasteiger partial charge in [0.2, 0.25) is 5.78 Å². The molecular formula is C17H17BrO2. The molecule has 0 aliphatic carbocycles. The van der Waals surface area contributed by atoms with Gasteiger partial charge in [-0.05, 0) is 37.1 Å². The molecule has 0 radical (unpaired) electrons. The Morgan fingerprint density at radius 1 is 1.20 bits per heavy atom. The van der Waals surface area contributed by atoms with Gasteiger partial charge in [0.05, 0.1) is 0 Å². The van der Waals surface area contributed by atoms with E-state index in [0.717, 1.165) is 10.9 Å². The van der Waals surface area contributed by atoms with E-state index >= 15 is 0 Å². The molecular weight excluding hydrogens is 316 g/mol. The number of hydrogen-bond donors (Lipinski definition) is 0. The molecule has 0 aliphatic rings. The Bertz CT molecular complexity index is 590. The third kappa shape index (κ3) is 3.70. The second-order valence-corrected chi connectivity index (χ2v) is 5.55. The quantitative estimate of drug-likeness (QED) is 0.744. The van der Waals surface area contributed by atoms with E-state index in [1.54, 1.807) is 6.92 Å². The lowest BCUT2D eigenvalue weighted by Crippen LogP contribution is -2.23. The summed E-state index contributed by atoms with van der Waals surface area (Å²) >= 11 is 3.38. The molecule has 2 nitrogen and oxygen atoms in total. The number of ketones is 1. The molecule has 0 saturated heterocycles. The summed E-state index contributed by atoms with van der Waals surface area (Å²) in [5.74, 6) is 0.679. The van der Waals surface area contributed by atoms with Crippen molar-refractivity contribution in [3.63, 3.8) is 0 Å². The van der Waals surface area contributed by atoms with Crippen molar-refractivity contribution in [1.82, 2.24) is 0 Å². The molecule has 0 heterocycles. The lowest BCUT2D eigenvalue weighted by Gasteiger charge is -2.14. The highest BCUT2D eigenvalue weighted by Crippen LogP contribution is 2.20. The first-order valence-electron chi connectivity index (χ1n) is 6.65. The number of hydrogen-bond acceptors (Lipinski definition) is 2. The van der Waals surface area contributed by atoms with Crippen LogP contribution >= 0.6 is 15.9 Å². The average Bonchev–Trinajstić information content (AvgIpc) is 2.46. The van der Waals surface area contributed by atoms with E-state index in [0.29, 0.717) is 11.3 Å². The van der Waals surface area contributed by atoms with E-state index in [1.807, 2.05) is 48.5 Å². The van der Waals surface area contributed by atoms with Gasteiger partial charge in [-0.2, -0.15) is 0 Å². The van der Waals surface area contributed by atoms with Crippen molar-refractivity contribution in [2.45, 2.75) is 26.4 Å². The zero-order valence-electron chi connectivity index (χ0n) is 11.6. The van der Waals surface area contributed by atoms with Gasteiger partial charge in [0.15, 0.2) is 6.10 Å². The maximum atomic E-state index is 12.3. The predicted molar refractivity (Wildman–Crippen MR) is 84.4 cm³/mol. The fourth-order valence-electron chi connectivity index (χ4n) is 1.94. The first-order chi connectivity index (χ1) is 9.60. The number of ether oxygens (including phenoxy) is 1. The molecule has 20 heavy (non-hydrogen) atoms. The van der Waals surface area contributed by atoms with Crippen LogP contribution in [0.5, 0.6) is 5.75 Å². The summed E-state index contributed by atoms with van der Waals surface area (Å²) in [4.78, 5) is 12.3. The van der Waals surface area contributed by atoms with E-state index in [2.05, 4.69) is 22.9 Å². The number of aryl methyl sites for hydroxylation is 1. The van der Waals surface area contributed by atoms with Crippen LogP contribution in [-0.4, -0.2) is 11.9 Å². The first-order valence-corrected chi connectivity index (χ1v) is 7.45. The SMILES string of the molecule is CCc1ccc(C(=O)C(C)Oc2cccc(Br)c2)cc1. The molecule has 0 bridgehead atoms. The van der Waals surface area contributed by atoms with Gasteiger partial charge in [-0.25, -0.2) is 0 Å². The highest BCUT2D eigenvalue weighted by molar-refractivity contribution is 9.10. The standard InChI is InChI=1S/C17H17BrO2/c1-3-13-7-9-14(10-8-13)17(19)12(2)20-16-6-4-5-15(18)11-16/h4-12H,3H2,1-2H3. The largest absolute Gasteiger partial charge is 0.483 e. The minimum absolute atomic E-state index is 0.00683. The van der Waals surface area contributed by atoms with Crippen LogP contribution in [0.2, 0.25) is 0 Å². The molecule has 0 spiro atoms. The van der Waals surface area contributed by atoms with Crippen molar-refractivity contribution in [1.29, 1.82) is 0 Å². The Morgan fingerprint density at radius 3 is 2.50 bits per heavy atom. The van der Waals surface area contributed by atoms with Crippen LogP contribution in [0.4, 0.5) is 0 Å². The monoisotopic (exact) mass is 332 g/mol. The first kappa shape index (κ1) is 14.8. The maximum absolute atomic E-state index is 12.3. The number of carbonyl (C=O) groups is 1. The number of halogens is 1. The molecule has 1 atom stereocenters. The van der Waals surface area contributed by atoms with Crippen LogP contribution in [0.15, 0.2) is 53.0 Å².